The van der Waals surface area contributed by atoms with Crippen LogP contribution < -0.4 is 11.1 Å². The van der Waals surface area contributed by atoms with E-state index in [2.05, 4.69) is 29.1 Å². The minimum Gasteiger partial charge on any atom is -0.353 e. The number of nitrogens with two attached hydrogens (primary N) is 1. The lowest BCUT2D eigenvalue weighted by molar-refractivity contribution is -0.127. The smallest absolute Gasteiger partial charge is 0.239 e. The molecule has 0 bridgehead atoms. The summed E-state index contributed by atoms with van der Waals surface area (Å²) >= 11 is 0. The lowest BCUT2D eigenvalue weighted by atomic mass is 9.83. The molecule has 0 spiro atoms. The van der Waals surface area contributed by atoms with E-state index in [4.69, 9.17) is 5.73 Å². The van der Waals surface area contributed by atoms with Crippen molar-refractivity contribution in [3.05, 3.63) is 0 Å². The molecule has 1 atom stereocenters. The van der Waals surface area contributed by atoms with Gasteiger partial charge in [0, 0.05) is 12.1 Å². The second-order valence-corrected chi connectivity index (χ2v) is 7.93. The van der Waals surface area contributed by atoms with E-state index in [1.165, 1.54) is 32.4 Å². The molecule has 3 N–H and O–H groups in total. The topological polar surface area (TPSA) is 61.6 Å². The molecule has 5 heteroatoms. The van der Waals surface area contributed by atoms with Crippen LogP contribution in [0.3, 0.4) is 0 Å². The molecular formula is C18H36N4O. The highest BCUT2D eigenvalue weighted by atomic mass is 16.2. The maximum absolute atomic E-state index is 12.5. The number of carbonyl (C=O) groups excluding carboxylic acids is 1. The first-order valence-corrected chi connectivity index (χ1v) is 9.40. The van der Waals surface area contributed by atoms with Crippen LogP contribution in [-0.2, 0) is 4.79 Å². The summed E-state index contributed by atoms with van der Waals surface area (Å²) in [6.07, 6.45) is 7.86. The SMILES string of the molecule is CCCC(C)(N)C(=O)NCC1(N2CCCCC2)CCN(C)CC1. The van der Waals surface area contributed by atoms with Gasteiger partial charge in [0.1, 0.15) is 0 Å². The van der Waals surface area contributed by atoms with Crippen LogP contribution in [0.15, 0.2) is 0 Å². The van der Waals surface area contributed by atoms with Crippen molar-refractivity contribution in [1.29, 1.82) is 0 Å². The Morgan fingerprint density at radius 2 is 1.78 bits per heavy atom. The van der Waals surface area contributed by atoms with E-state index in [-0.39, 0.29) is 11.4 Å². The third-order valence-corrected chi connectivity index (χ3v) is 5.81. The van der Waals surface area contributed by atoms with Gasteiger partial charge in [-0.25, -0.2) is 0 Å². The number of rotatable bonds is 6. The average Bonchev–Trinajstić information content (AvgIpc) is 2.55. The zero-order valence-corrected chi connectivity index (χ0v) is 15.4. The van der Waals surface area contributed by atoms with E-state index in [1.54, 1.807) is 0 Å². The van der Waals surface area contributed by atoms with E-state index in [1.807, 2.05) is 6.92 Å². The Hall–Kier alpha value is -0.650. The van der Waals surface area contributed by atoms with E-state index in [9.17, 15) is 4.79 Å². The first kappa shape index (κ1) is 18.7. The molecule has 2 aliphatic heterocycles. The number of likely N-dealkylation sites (tertiary alicyclic amines) is 2. The summed E-state index contributed by atoms with van der Waals surface area (Å²) in [5.74, 6) is 0.00895. The van der Waals surface area contributed by atoms with Crippen LogP contribution in [0.5, 0.6) is 0 Å². The molecule has 0 radical (unpaired) electrons. The number of hydrogen-bond donors (Lipinski definition) is 2. The van der Waals surface area contributed by atoms with E-state index in [0.717, 1.165) is 45.3 Å². The molecule has 134 valence electrons. The van der Waals surface area contributed by atoms with E-state index >= 15 is 0 Å². The lowest BCUT2D eigenvalue weighted by Crippen LogP contribution is -2.63. The summed E-state index contributed by atoms with van der Waals surface area (Å²) < 4.78 is 0. The molecular weight excluding hydrogens is 288 g/mol. The predicted octanol–water partition coefficient (Wildman–Crippen LogP) is 1.57. The first-order valence-electron chi connectivity index (χ1n) is 9.40. The fourth-order valence-corrected chi connectivity index (χ4v) is 4.09. The molecule has 5 nitrogen and oxygen atoms in total. The highest BCUT2D eigenvalue weighted by molar-refractivity contribution is 5.85. The average molecular weight is 325 g/mol. The predicted molar refractivity (Wildman–Crippen MR) is 95.4 cm³/mol. The Bertz CT molecular complexity index is 382. The highest BCUT2D eigenvalue weighted by Crippen LogP contribution is 2.31. The summed E-state index contributed by atoms with van der Waals surface area (Å²) in [4.78, 5) is 17.6. The molecule has 0 aliphatic carbocycles. The number of piperidine rings is 2. The number of amides is 1. The van der Waals surface area contributed by atoms with Crippen LogP contribution in [-0.4, -0.2) is 66.6 Å². The molecule has 0 aromatic rings. The minimum absolute atomic E-state index is 0.00895. The largest absolute Gasteiger partial charge is 0.353 e. The fraction of sp³-hybridized carbons (Fsp3) is 0.944. The van der Waals surface area contributed by atoms with Crippen LogP contribution in [0.1, 0.15) is 58.8 Å². The maximum Gasteiger partial charge on any atom is 0.239 e. The van der Waals surface area contributed by atoms with E-state index in [0.29, 0.717) is 0 Å². The zero-order valence-electron chi connectivity index (χ0n) is 15.4. The quantitative estimate of drug-likeness (QED) is 0.778. The molecule has 2 aliphatic rings. The van der Waals surface area contributed by atoms with Crippen LogP contribution in [0.25, 0.3) is 0 Å². The molecule has 0 saturated carbocycles. The summed E-state index contributed by atoms with van der Waals surface area (Å²) in [7, 11) is 2.19. The molecule has 0 aromatic heterocycles. The van der Waals surface area contributed by atoms with Gasteiger partial charge in [0.05, 0.1) is 5.54 Å². The van der Waals surface area contributed by atoms with Gasteiger partial charge in [-0.2, -0.15) is 0 Å². The molecule has 1 amide bonds. The van der Waals surface area contributed by atoms with Crippen molar-refractivity contribution in [3.63, 3.8) is 0 Å². The normalized spacial score (nSPS) is 25.7. The number of nitrogens with one attached hydrogen (secondary N) is 1. The second kappa shape index (κ2) is 7.95. The third kappa shape index (κ3) is 4.68. The van der Waals surface area contributed by atoms with Crippen molar-refractivity contribution in [3.8, 4) is 0 Å². The Labute approximate surface area is 142 Å². The van der Waals surface area contributed by atoms with Gasteiger partial charge < -0.3 is 16.0 Å². The van der Waals surface area contributed by atoms with Gasteiger partial charge in [-0.3, -0.25) is 9.69 Å². The van der Waals surface area contributed by atoms with Gasteiger partial charge in [0.15, 0.2) is 0 Å². The van der Waals surface area contributed by atoms with Crippen molar-refractivity contribution in [2.24, 2.45) is 5.73 Å². The van der Waals surface area contributed by atoms with Crippen molar-refractivity contribution < 1.29 is 4.79 Å². The second-order valence-electron chi connectivity index (χ2n) is 7.93. The Morgan fingerprint density at radius 1 is 1.17 bits per heavy atom. The van der Waals surface area contributed by atoms with Crippen LogP contribution in [0, 0.1) is 0 Å². The van der Waals surface area contributed by atoms with Gasteiger partial charge in [0.25, 0.3) is 0 Å². The number of nitrogens with zero attached hydrogens (tertiary/aromatic N) is 2. The molecule has 0 aromatic carbocycles. The van der Waals surface area contributed by atoms with Crippen molar-refractivity contribution >= 4 is 5.91 Å². The molecule has 2 saturated heterocycles. The number of carbonyl (C=O) groups is 1. The molecule has 2 heterocycles. The van der Waals surface area contributed by atoms with Crippen molar-refractivity contribution in [2.45, 2.75) is 69.9 Å². The van der Waals surface area contributed by atoms with Gasteiger partial charge in [-0.1, -0.05) is 19.8 Å². The molecule has 2 rings (SSSR count). The fourth-order valence-electron chi connectivity index (χ4n) is 4.09. The Morgan fingerprint density at radius 3 is 2.35 bits per heavy atom. The minimum atomic E-state index is -0.747. The van der Waals surface area contributed by atoms with Crippen molar-refractivity contribution in [2.75, 3.05) is 39.8 Å². The lowest BCUT2D eigenvalue weighted by Gasteiger charge is -2.50. The van der Waals surface area contributed by atoms with E-state index < -0.39 is 5.54 Å². The first-order chi connectivity index (χ1) is 10.9. The molecule has 1 unspecified atom stereocenters. The molecule has 2 fully saturated rings. The van der Waals surface area contributed by atoms with Crippen LogP contribution >= 0.6 is 0 Å². The molecule has 23 heavy (non-hydrogen) atoms. The van der Waals surface area contributed by atoms with Crippen LogP contribution in [0.2, 0.25) is 0 Å². The highest BCUT2D eigenvalue weighted by Gasteiger charge is 2.40. The van der Waals surface area contributed by atoms with Gasteiger partial charge >= 0.3 is 0 Å². The summed E-state index contributed by atoms with van der Waals surface area (Å²) in [6, 6.07) is 0. The number of hydrogen-bond acceptors (Lipinski definition) is 4. The summed E-state index contributed by atoms with van der Waals surface area (Å²) in [6.45, 7) is 9.25. The Kier molecular flexibility index (Phi) is 6.46. The summed E-state index contributed by atoms with van der Waals surface area (Å²) in [5.41, 5.74) is 5.58. The van der Waals surface area contributed by atoms with Crippen LogP contribution in [0.4, 0.5) is 0 Å². The van der Waals surface area contributed by atoms with Crippen molar-refractivity contribution in [1.82, 2.24) is 15.1 Å². The zero-order chi connectivity index (χ0) is 16.9. The van der Waals surface area contributed by atoms with Gasteiger partial charge in [0.2, 0.25) is 5.91 Å². The third-order valence-electron chi connectivity index (χ3n) is 5.81. The van der Waals surface area contributed by atoms with Gasteiger partial charge in [-0.15, -0.1) is 0 Å². The van der Waals surface area contributed by atoms with Gasteiger partial charge in [-0.05, 0) is 72.3 Å². The Balaban J connectivity index is 2.01. The maximum atomic E-state index is 12.5. The standard InChI is InChI=1S/C18H36N4O/c1-4-8-17(2,19)16(23)20-15-18(9-13-21(3)14-10-18)22-11-6-5-7-12-22/h4-15,19H2,1-3H3,(H,20,23). The monoisotopic (exact) mass is 324 g/mol. The summed E-state index contributed by atoms with van der Waals surface area (Å²) in [5, 5.41) is 3.21.